The third-order valence-corrected chi connectivity index (χ3v) is 4.82. The Morgan fingerprint density at radius 3 is 2.30 bits per heavy atom. The van der Waals surface area contributed by atoms with E-state index in [2.05, 4.69) is 15.3 Å². The number of rotatable bonds is 4. The van der Waals surface area contributed by atoms with Crippen LogP contribution in [-0.4, -0.2) is 28.3 Å². The topological polar surface area (TPSA) is 76.9 Å². The maximum atomic E-state index is 13.3. The highest BCUT2D eigenvalue weighted by Crippen LogP contribution is 2.22. The molecule has 0 fully saturated rings. The maximum Gasteiger partial charge on any atom is 0.268 e. The van der Waals surface area contributed by atoms with Crippen molar-refractivity contribution in [3.63, 3.8) is 0 Å². The molecule has 146 valence electrons. The number of pyridine rings is 1. The molecule has 30 heavy (non-hydrogen) atoms. The molecule has 2 aromatic heterocycles. The van der Waals surface area contributed by atoms with Crippen molar-refractivity contribution in [1.82, 2.24) is 14.5 Å². The zero-order valence-electron chi connectivity index (χ0n) is 16.7. The lowest BCUT2D eigenvalue weighted by Crippen LogP contribution is -2.30. The monoisotopic (exact) mass is 394 g/mol. The van der Waals surface area contributed by atoms with Gasteiger partial charge in [0.1, 0.15) is 13.4 Å². The molecule has 0 aliphatic rings. The van der Waals surface area contributed by atoms with Gasteiger partial charge in [0.05, 0.1) is 0 Å². The first-order valence-corrected chi connectivity index (χ1v) is 9.52. The Hall–Kier alpha value is -4.00. The molecule has 2 heterocycles. The Morgan fingerprint density at radius 1 is 0.967 bits per heavy atom. The summed E-state index contributed by atoms with van der Waals surface area (Å²) in [6.45, 7) is 1.82. The van der Waals surface area contributed by atoms with Crippen molar-refractivity contribution in [1.29, 1.82) is 0 Å². The predicted molar refractivity (Wildman–Crippen MR) is 120 cm³/mol. The van der Waals surface area contributed by atoms with E-state index in [-0.39, 0.29) is 5.56 Å². The predicted octanol–water partition coefficient (Wildman–Crippen LogP) is 2.11. The molecule has 0 saturated carbocycles. The van der Waals surface area contributed by atoms with Crippen LogP contribution >= 0.6 is 0 Å². The van der Waals surface area contributed by atoms with Crippen LogP contribution in [0.2, 0.25) is 0 Å². The molecule has 4 rings (SSSR count). The number of nitrogens with zero attached hydrogens (tertiary/aromatic N) is 3. The van der Waals surface area contributed by atoms with E-state index in [9.17, 15) is 9.59 Å². The minimum absolute atomic E-state index is 0.0208. The van der Waals surface area contributed by atoms with Crippen LogP contribution in [0.25, 0.3) is 17.1 Å². The molecule has 2 aromatic carbocycles. The molecule has 4 aromatic rings. The zero-order chi connectivity index (χ0) is 21.1. The van der Waals surface area contributed by atoms with Gasteiger partial charge in [-0.05, 0) is 43.3 Å². The summed E-state index contributed by atoms with van der Waals surface area (Å²) in [4.78, 5) is 35.0. The number of carbonyl (C=O) groups excluding carboxylic acids is 1. The Kier molecular flexibility index (Phi) is 5.26. The second kappa shape index (κ2) is 8.17. The SMILES string of the molecule is Bc1ccc(NC(=O)c2cc(-c3ncccn3)c(C)n(-c3ccccc3)c2=O)cc1. The molecule has 1 amide bonds. The third-order valence-electron chi connectivity index (χ3n) is 4.82. The van der Waals surface area contributed by atoms with Crippen LogP contribution in [0.1, 0.15) is 16.1 Å². The first-order valence-electron chi connectivity index (χ1n) is 9.52. The van der Waals surface area contributed by atoms with E-state index in [4.69, 9.17) is 0 Å². The Labute approximate surface area is 174 Å². The summed E-state index contributed by atoms with van der Waals surface area (Å²) >= 11 is 0. The lowest BCUT2D eigenvalue weighted by atomic mass is 9.96. The van der Waals surface area contributed by atoms with Crippen molar-refractivity contribution in [2.24, 2.45) is 0 Å². The van der Waals surface area contributed by atoms with E-state index in [0.29, 0.717) is 28.5 Å². The normalized spacial score (nSPS) is 10.6. The number of hydrogen-bond donors (Lipinski definition) is 1. The van der Waals surface area contributed by atoms with Gasteiger partial charge >= 0.3 is 0 Å². The highest BCUT2D eigenvalue weighted by molar-refractivity contribution is 6.32. The minimum Gasteiger partial charge on any atom is -0.322 e. The maximum absolute atomic E-state index is 13.3. The first-order chi connectivity index (χ1) is 14.5. The van der Waals surface area contributed by atoms with Crippen LogP contribution in [0.3, 0.4) is 0 Å². The van der Waals surface area contributed by atoms with Crippen LogP contribution in [0.5, 0.6) is 0 Å². The molecular formula is C23H19BN4O2. The number of hydrogen-bond acceptors (Lipinski definition) is 4. The van der Waals surface area contributed by atoms with Crippen LogP contribution in [-0.2, 0) is 0 Å². The highest BCUT2D eigenvalue weighted by atomic mass is 16.2. The van der Waals surface area contributed by atoms with Crippen LogP contribution in [0.15, 0.2) is 83.9 Å². The third kappa shape index (κ3) is 3.78. The number of para-hydroxylation sites is 1. The van der Waals surface area contributed by atoms with Gasteiger partial charge in [-0.15, -0.1) is 0 Å². The Morgan fingerprint density at radius 2 is 1.63 bits per heavy atom. The fourth-order valence-electron chi connectivity index (χ4n) is 3.25. The van der Waals surface area contributed by atoms with Gasteiger partial charge in [-0.3, -0.25) is 14.2 Å². The average molecular weight is 394 g/mol. The summed E-state index contributed by atoms with van der Waals surface area (Å²) in [5, 5.41) is 2.81. The van der Waals surface area contributed by atoms with Gasteiger partial charge in [-0.2, -0.15) is 0 Å². The molecule has 0 saturated heterocycles. The van der Waals surface area contributed by atoms with Gasteiger partial charge in [0.15, 0.2) is 5.82 Å². The molecule has 0 aliphatic carbocycles. The molecule has 6 nitrogen and oxygen atoms in total. The lowest BCUT2D eigenvalue weighted by molar-refractivity contribution is 0.102. The van der Waals surface area contributed by atoms with E-state index in [1.165, 1.54) is 4.57 Å². The summed E-state index contributed by atoms with van der Waals surface area (Å²) in [6.07, 6.45) is 3.26. The molecule has 1 N–H and O–H groups in total. The van der Waals surface area contributed by atoms with Crippen molar-refractivity contribution in [3.05, 3.63) is 101 Å². The number of anilines is 1. The molecule has 7 heteroatoms. The van der Waals surface area contributed by atoms with Crippen LogP contribution in [0, 0.1) is 6.92 Å². The zero-order valence-corrected chi connectivity index (χ0v) is 16.7. The van der Waals surface area contributed by atoms with E-state index < -0.39 is 11.5 Å². The number of benzene rings is 2. The van der Waals surface area contributed by atoms with Gasteiger partial charge < -0.3 is 5.32 Å². The molecular weight excluding hydrogens is 375 g/mol. The summed E-state index contributed by atoms with van der Waals surface area (Å²) < 4.78 is 1.52. The molecule has 0 spiro atoms. The van der Waals surface area contributed by atoms with Crippen molar-refractivity contribution >= 4 is 24.9 Å². The van der Waals surface area contributed by atoms with E-state index in [1.54, 1.807) is 36.7 Å². The van der Waals surface area contributed by atoms with E-state index in [1.807, 2.05) is 57.2 Å². The van der Waals surface area contributed by atoms with Crippen molar-refractivity contribution in [3.8, 4) is 17.1 Å². The Bertz CT molecular complexity index is 1250. The summed E-state index contributed by atoms with van der Waals surface area (Å²) in [7, 11) is 1.97. The van der Waals surface area contributed by atoms with Crippen molar-refractivity contribution in [2.45, 2.75) is 6.92 Å². The van der Waals surface area contributed by atoms with Crippen molar-refractivity contribution in [2.75, 3.05) is 5.32 Å². The summed E-state index contributed by atoms with van der Waals surface area (Å²) in [6, 6.07) is 19.9. The number of carbonyl (C=O) groups is 1. The molecule has 0 aliphatic heterocycles. The first kappa shape index (κ1) is 19.3. The van der Waals surface area contributed by atoms with Crippen LogP contribution in [0.4, 0.5) is 5.69 Å². The van der Waals surface area contributed by atoms with Crippen LogP contribution < -0.4 is 16.3 Å². The molecule has 0 bridgehead atoms. The van der Waals surface area contributed by atoms with Crippen molar-refractivity contribution < 1.29 is 4.79 Å². The van der Waals surface area contributed by atoms with Gasteiger partial charge in [0, 0.05) is 35.0 Å². The second-order valence-electron chi connectivity index (χ2n) is 6.93. The summed E-state index contributed by atoms with van der Waals surface area (Å²) in [5.41, 5.74) is 3.27. The number of amides is 1. The van der Waals surface area contributed by atoms with Gasteiger partial charge in [-0.1, -0.05) is 35.8 Å². The average Bonchev–Trinajstić information content (AvgIpc) is 2.77. The quantitative estimate of drug-likeness (QED) is 0.538. The number of nitrogens with one attached hydrogen (secondary N) is 1. The van der Waals surface area contributed by atoms with Gasteiger partial charge in [0.2, 0.25) is 0 Å². The Balaban J connectivity index is 1.88. The fourth-order valence-corrected chi connectivity index (χ4v) is 3.25. The van der Waals surface area contributed by atoms with Gasteiger partial charge in [-0.25, -0.2) is 9.97 Å². The number of aromatic nitrogens is 3. The standard InChI is InChI=1S/C23H19BN4O2/c1-15-19(21-25-12-5-13-26-21)14-20(22(29)27-17-10-8-16(24)9-11-17)23(30)28(15)18-6-3-2-4-7-18/h2-14H,24H2,1H3,(H,27,29). The lowest BCUT2D eigenvalue weighted by Gasteiger charge is -2.16. The van der Waals surface area contributed by atoms with Gasteiger partial charge in [0.25, 0.3) is 11.5 Å². The van der Waals surface area contributed by atoms with E-state index >= 15 is 0 Å². The van der Waals surface area contributed by atoms with E-state index in [0.717, 1.165) is 5.46 Å². The molecule has 0 atom stereocenters. The fraction of sp³-hybridized carbons (Fsp3) is 0.0435. The summed E-state index contributed by atoms with van der Waals surface area (Å²) in [5.74, 6) is -0.0326. The smallest absolute Gasteiger partial charge is 0.268 e. The minimum atomic E-state index is -0.481. The second-order valence-corrected chi connectivity index (χ2v) is 6.93. The highest BCUT2D eigenvalue weighted by Gasteiger charge is 2.20. The molecule has 0 unspecified atom stereocenters. The largest absolute Gasteiger partial charge is 0.322 e. The molecule has 0 radical (unpaired) electrons.